The van der Waals surface area contributed by atoms with Crippen LogP contribution in [0.25, 0.3) is 0 Å². The average Bonchev–Trinajstić information content (AvgIpc) is 2.65. The Kier molecular flexibility index (Phi) is 9.69. The van der Waals surface area contributed by atoms with E-state index in [1.54, 1.807) is 0 Å². The van der Waals surface area contributed by atoms with Crippen LogP contribution in [0.2, 0.25) is 0 Å². The molecule has 0 radical (unpaired) electrons. The van der Waals surface area contributed by atoms with E-state index in [0.717, 1.165) is 24.5 Å². The molecule has 14 nitrogen and oxygen atoms in total. The Labute approximate surface area is 187 Å². The lowest BCUT2D eigenvalue weighted by molar-refractivity contribution is -0.385. The summed E-state index contributed by atoms with van der Waals surface area (Å²) in [5, 5.41) is 21.2. The lowest BCUT2D eigenvalue weighted by Gasteiger charge is -2.18. The number of nitrogens with one attached hydrogen (secondary N) is 1. The predicted molar refractivity (Wildman–Crippen MR) is 110 cm³/mol. The van der Waals surface area contributed by atoms with Crippen LogP contribution in [0.15, 0.2) is 23.1 Å². The molecule has 0 atom stereocenters. The van der Waals surface area contributed by atoms with Crippen LogP contribution >= 0.6 is 7.60 Å². The number of carbonyl (C=O) groups is 4. The van der Waals surface area contributed by atoms with Crippen molar-refractivity contribution in [3.05, 3.63) is 33.9 Å². The Bertz CT molecular complexity index is 1110. The zero-order valence-electron chi connectivity index (χ0n) is 17.2. The summed E-state index contributed by atoms with van der Waals surface area (Å²) in [5.74, 6) is -4.76. The standard InChI is InChI=1S/C14H13NO7S.C3H8NO5P/c1-23(21,22)8-5-6-9(10(7-8)15(19)20)14(18)13-11(16)3-2-4-12(13)17;5-3(6)1-4-2-10(7,8)9/h5-7,13H,2-4H2,1H3;4H,1-2H2,(H,5,6)(H2,7,8,9). The second kappa shape index (κ2) is 11.3. The summed E-state index contributed by atoms with van der Waals surface area (Å²) in [5.41, 5.74) is -1.17. The molecule has 0 aromatic heterocycles. The number of carboxylic acids is 1. The van der Waals surface area contributed by atoms with Crippen molar-refractivity contribution in [1.82, 2.24) is 5.32 Å². The number of rotatable bonds is 8. The number of carbonyl (C=O) groups excluding carboxylic acids is 3. The fourth-order valence-electron chi connectivity index (χ4n) is 2.76. The van der Waals surface area contributed by atoms with Crippen LogP contribution in [0.5, 0.6) is 0 Å². The SMILES string of the molecule is CS(=O)(=O)c1ccc(C(=O)C2C(=O)CCCC2=O)c([N+](=O)[O-])c1.O=C(O)CNCP(=O)(O)O. The van der Waals surface area contributed by atoms with E-state index < -0.39 is 75.7 Å². The Morgan fingerprint density at radius 3 is 2.18 bits per heavy atom. The largest absolute Gasteiger partial charge is 0.480 e. The molecule has 1 aromatic rings. The normalized spacial score (nSPS) is 14.9. The first kappa shape index (κ1) is 28.2. The maximum atomic E-state index is 12.4. The van der Waals surface area contributed by atoms with Crippen molar-refractivity contribution in [2.45, 2.75) is 24.2 Å². The highest BCUT2D eigenvalue weighted by atomic mass is 32.2. The number of aliphatic carboxylic acids is 1. The molecule has 2 rings (SSSR count). The lowest BCUT2D eigenvalue weighted by Crippen LogP contribution is -2.35. The fourth-order valence-corrected chi connectivity index (χ4v) is 3.81. The molecular formula is C17H21N2O12PS. The van der Waals surface area contributed by atoms with Crippen LogP contribution in [-0.4, -0.2) is 70.6 Å². The average molecular weight is 508 g/mol. The van der Waals surface area contributed by atoms with Crippen molar-refractivity contribution in [2.75, 3.05) is 19.1 Å². The summed E-state index contributed by atoms with van der Waals surface area (Å²) in [7, 11) is -7.79. The first-order chi connectivity index (χ1) is 15.0. The monoisotopic (exact) mass is 508 g/mol. The van der Waals surface area contributed by atoms with Crippen LogP contribution in [-0.2, 0) is 28.8 Å². The molecular weight excluding hydrogens is 487 g/mol. The van der Waals surface area contributed by atoms with Crippen LogP contribution < -0.4 is 5.32 Å². The summed E-state index contributed by atoms with van der Waals surface area (Å²) >= 11 is 0. The summed E-state index contributed by atoms with van der Waals surface area (Å²) in [6.45, 7) is -0.439. The van der Waals surface area contributed by atoms with Gasteiger partial charge in [0.25, 0.3) is 5.69 Å². The molecule has 1 saturated carbocycles. The molecule has 1 fully saturated rings. The number of Topliss-reactive ketones (excluding diaryl/α,β-unsaturated/α-hetero) is 3. The number of hydrogen-bond acceptors (Lipinski definition) is 10. The van der Waals surface area contributed by atoms with Crippen molar-refractivity contribution in [3.8, 4) is 0 Å². The third kappa shape index (κ3) is 8.90. The number of nitro groups is 1. The minimum absolute atomic E-state index is 0.0668. The summed E-state index contributed by atoms with van der Waals surface area (Å²) in [6.07, 6.45) is 0.770. The van der Waals surface area contributed by atoms with Gasteiger partial charge in [0.05, 0.1) is 28.2 Å². The second-order valence-corrected chi connectivity index (χ2v) is 10.6. The molecule has 0 heterocycles. The smallest absolute Gasteiger partial charge is 0.339 e. The minimum atomic E-state index is -4.10. The Hall–Kier alpha value is -2.84. The van der Waals surface area contributed by atoms with Crippen molar-refractivity contribution < 1.29 is 52.0 Å². The number of benzene rings is 1. The summed E-state index contributed by atoms with van der Waals surface area (Å²) in [6, 6.07) is 2.79. The number of nitrogens with zero attached hydrogens (tertiary/aromatic N) is 1. The third-order valence-electron chi connectivity index (χ3n) is 4.21. The van der Waals surface area contributed by atoms with Gasteiger partial charge < -0.3 is 14.9 Å². The topological polar surface area (TPSA) is 235 Å². The van der Waals surface area contributed by atoms with Crippen LogP contribution in [0.4, 0.5) is 5.69 Å². The number of carboxylic acid groups (broad SMARTS) is 1. The van der Waals surface area contributed by atoms with Crippen LogP contribution in [0.1, 0.15) is 29.6 Å². The zero-order chi connectivity index (χ0) is 25.6. The van der Waals surface area contributed by atoms with E-state index in [1.165, 1.54) is 0 Å². The van der Waals surface area contributed by atoms with Gasteiger partial charge in [-0.2, -0.15) is 0 Å². The van der Waals surface area contributed by atoms with Crippen LogP contribution in [0, 0.1) is 16.0 Å². The van der Waals surface area contributed by atoms with Gasteiger partial charge in [-0.05, 0) is 18.6 Å². The molecule has 0 bridgehead atoms. The summed E-state index contributed by atoms with van der Waals surface area (Å²) in [4.78, 5) is 72.1. The molecule has 0 unspecified atom stereocenters. The van der Waals surface area contributed by atoms with Gasteiger partial charge in [0, 0.05) is 25.2 Å². The molecule has 1 aromatic carbocycles. The zero-order valence-corrected chi connectivity index (χ0v) is 18.9. The van der Waals surface area contributed by atoms with E-state index in [2.05, 4.69) is 5.32 Å². The first-order valence-electron chi connectivity index (χ1n) is 9.10. The van der Waals surface area contributed by atoms with Gasteiger partial charge in [0.15, 0.2) is 27.2 Å². The van der Waals surface area contributed by atoms with Crippen LogP contribution in [0.3, 0.4) is 0 Å². The van der Waals surface area contributed by atoms with E-state index in [4.69, 9.17) is 14.9 Å². The van der Waals surface area contributed by atoms with Crippen molar-refractivity contribution in [2.24, 2.45) is 5.92 Å². The number of hydrogen-bond donors (Lipinski definition) is 4. The molecule has 1 aliphatic carbocycles. The van der Waals surface area contributed by atoms with E-state index in [1.807, 2.05) is 0 Å². The highest BCUT2D eigenvalue weighted by molar-refractivity contribution is 7.90. The Balaban J connectivity index is 0.000000461. The number of nitro benzene ring substituents is 1. The van der Waals surface area contributed by atoms with Gasteiger partial charge in [0.1, 0.15) is 5.92 Å². The summed E-state index contributed by atoms with van der Waals surface area (Å²) < 4.78 is 33.0. The van der Waals surface area contributed by atoms with E-state index in [-0.39, 0.29) is 17.7 Å². The maximum absolute atomic E-state index is 12.4. The molecule has 1 aliphatic rings. The lowest BCUT2D eigenvalue weighted by atomic mass is 9.81. The van der Waals surface area contributed by atoms with Gasteiger partial charge in [-0.1, -0.05) is 0 Å². The highest BCUT2D eigenvalue weighted by Gasteiger charge is 2.39. The Morgan fingerprint density at radius 1 is 1.21 bits per heavy atom. The molecule has 33 heavy (non-hydrogen) atoms. The van der Waals surface area contributed by atoms with Crippen molar-refractivity contribution in [1.29, 1.82) is 0 Å². The van der Waals surface area contributed by atoms with Gasteiger partial charge in [-0.15, -0.1) is 0 Å². The van der Waals surface area contributed by atoms with E-state index in [9.17, 15) is 42.3 Å². The maximum Gasteiger partial charge on any atom is 0.339 e. The highest BCUT2D eigenvalue weighted by Crippen LogP contribution is 2.31. The van der Waals surface area contributed by atoms with Crippen molar-refractivity contribution in [3.63, 3.8) is 0 Å². The number of sulfone groups is 1. The first-order valence-corrected chi connectivity index (χ1v) is 12.8. The molecule has 0 aliphatic heterocycles. The molecule has 0 spiro atoms. The molecule has 16 heteroatoms. The van der Waals surface area contributed by atoms with Gasteiger partial charge in [-0.3, -0.25) is 39.2 Å². The van der Waals surface area contributed by atoms with Crippen molar-refractivity contribution >= 4 is 46.4 Å². The Morgan fingerprint density at radius 2 is 1.76 bits per heavy atom. The van der Waals surface area contributed by atoms with Gasteiger partial charge in [0.2, 0.25) is 0 Å². The van der Waals surface area contributed by atoms with E-state index >= 15 is 0 Å². The molecule has 0 amide bonds. The van der Waals surface area contributed by atoms with Gasteiger partial charge in [-0.25, -0.2) is 8.42 Å². The third-order valence-corrected chi connectivity index (χ3v) is 5.95. The minimum Gasteiger partial charge on any atom is -0.480 e. The second-order valence-electron chi connectivity index (χ2n) is 6.93. The molecule has 4 N–H and O–H groups in total. The molecule has 182 valence electrons. The predicted octanol–water partition coefficient (Wildman–Crippen LogP) is -0.0849. The quantitative estimate of drug-likeness (QED) is 0.118. The van der Waals surface area contributed by atoms with Gasteiger partial charge >= 0.3 is 13.6 Å². The molecule has 0 saturated heterocycles. The number of ketones is 3. The van der Waals surface area contributed by atoms with E-state index in [0.29, 0.717) is 6.42 Å². The fraction of sp³-hybridized carbons (Fsp3) is 0.412.